The fourth-order valence-corrected chi connectivity index (χ4v) is 3.20. The van der Waals surface area contributed by atoms with E-state index in [0.29, 0.717) is 0 Å². The minimum absolute atomic E-state index is 0.00429. The van der Waals surface area contributed by atoms with E-state index >= 15 is 0 Å². The summed E-state index contributed by atoms with van der Waals surface area (Å²) < 4.78 is 29.4. The van der Waals surface area contributed by atoms with Gasteiger partial charge in [0.25, 0.3) is 0 Å². The second-order valence-corrected chi connectivity index (χ2v) is 7.35. The SMILES string of the molecule is CC(Oc1cccc(Oc2ncc(F)cc2Cl)c1)C(=O)OC1=CC(=O)c2ccccc2C1=O. The Morgan fingerprint density at radius 1 is 1.03 bits per heavy atom. The van der Waals surface area contributed by atoms with Gasteiger partial charge in [-0.15, -0.1) is 0 Å². The van der Waals surface area contributed by atoms with Crippen LogP contribution in [0.1, 0.15) is 27.6 Å². The normalized spacial score (nSPS) is 13.6. The number of halogens is 2. The van der Waals surface area contributed by atoms with E-state index in [2.05, 4.69) is 4.98 Å². The fourth-order valence-electron chi connectivity index (χ4n) is 3.01. The number of pyridine rings is 1. The number of carbonyl (C=O) groups is 3. The number of ketones is 2. The summed E-state index contributed by atoms with van der Waals surface area (Å²) in [6.07, 6.45) is 0.835. The summed E-state index contributed by atoms with van der Waals surface area (Å²) in [6, 6.07) is 13.6. The standard InChI is InChI=1S/C24H15ClFNO6/c1-13(24(30)33-21-11-20(28)17-7-2-3-8-18(17)22(21)29)31-15-5-4-6-16(10-15)32-23-19(25)9-14(26)12-27-23/h2-13H,1H3. The summed E-state index contributed by atoms with van der Waals surface area (Å²) in [6.45, 7) is 1.43. The zero-order valence-electron chi connectivity index (χ0n) is 17.1. The molecule has 3 aromatic rings. The van der Waals surface area contributed by atoms with Crippen LogP contribution < -0.4 is 9.47 Å². The lowest BCUT2D eigenvalue weighted by atomic mass is 9.94. The number of carbonyl (C=O) groups excluding carboxylic acids is 3. The Bertz CT molecular complexity index is 1310. The van der Waals surface area contributed by atoms with Crippen LogP contribution in [-0.2, 0) is 9.53 Å². The third-order valence-corrected chi connectivity index (χ3v) is 4.84. The number of rotatable bonds is 6. The molecule has 1 heterocycles. The van der Waals surface area contributed by atoms with Gasteiger partial charge in [-0.1, -0.05) is 41.9 Å². The highest BCUT2D eigenvalue weighted by molar-refractivity contribution is 6.31. The predicted molar refractivity (Wildman–Crippen MR) is 115 cm³/mol. The van der Waals surface area contributed by atoms with Crippen LogP contribution in [0.2, 0.25) is 5.02 Å². The van der Waals surface area contributed by atoms with Crippen LogP contribution in [0.5, 0.6) is 17.4 Å². The van der Waals surface area contributed by atoms with E-state index in [-0.39, 0.29) is 39.3 Å². The molecule has 0 spiro atoms. The lowest BCUT2D eigenvalue weighted by Gasteiger charge is -2.18. The Morgan fingerprint density at radius 3 is 2.52 bits per heavy atom. The molecule has 7 nitrogen and oxygen atoms in total. The number of esters is 1. The first-order valence-corrected chi connectivity index (χ1v) is 10.1. The summed E-state index contributed by atoms with van der Waals surface area (Å²) in [5.74, 6) is -2.31. The van der Waals surface area contributed by atoms with Crippen molar-refractivity contribution in [2.24, 2.45) is 0 Å². The number of Topliss-reactive ketones (excluding diaryl/α,β-unsaturated/α-hetero) is 1. The highest BCUT2D eigenvalue weighted by Crippen LogP contribution is 2.30. The molecule has 0 aliphatic heterocycles. The van der Waals surface area contributed by atoms with Crippen molar-refractivity contribution in [3.63, 3.8) is 0 Å². The van der Waals surface area contributed by atoms with Crippen LogP contribution in [0.4, 0.5) is 4.39 Å². The first kappa shape index (κ1) is 22.2. The maximum atomic E-state index is 13.1. The van der Waals surface area contributed by atoms with Crippen molar-refractivity contribution in [3.05, 3.63) is 94.6 Å². The minimum atomic E-state index is -1.12. The molecule has 0 saturated carbocycles. The topological polar surface area (TPSA) is 91.8 Å². The van der Waals surface area contributed by atoms with Crippen molar-refractivity contribution in [3.8, 4) is 17.4 Å². The van der Waals surface area contributed by atoms with E-state index in [9.17, 15) is 18.8 Å². The predicted octanol–water partition coefficient (Wildman–Crippen LogP) is 4.94. The molecule has 0 bridgehead atoms. The van der Waals surface area contributed by atoms with E-state index in [1.807, 2.05) is 0 Å². The Kier molecular flexibility index (Phi) is 6.19. The lowest BCUT2D eigenvalue weighted by Crippen LogP contribution is -2.29. The van der Waals surface area contributed by atoms with Crippen LogP contribution in [0.25, 0.3) is 0 Å². The van der Waals surface area contributed by atoms with Crippen LogP contribution in [0.3, 0.4) is 0 Å². The quantitative estimate of drug-likeness (QED) is 0.474. The molecule has 0 fully saturated rings. The Labute approximate surface area is 192 Å². The van der Waals surface area contributed by atoms with E-state index in [1.54, 1.807) is 30.3 Å². The molecule has 0 N–H and O–H groups in total. The van der Waals surface area contributed by atoms with Gasteiger partial charge in [0.15, 0.2) is 17.6 Å². The van der Waals surface area contributed by atoms with Crippen LogP contribution in [-0.4, -0.2) is 28.6 Å². The summed E-state index contributed by atoms with van der Waals surface area (Å²) in [7, 11) is 0. The molecule has 1 atom stereocenters. The zero-order chi connectivity index (χ0) is 23.5. The second kappa shape index (κ2) is 9.22. The number of ether oxygens (including phenoxy) is 3. The van der Waals surface area contributed by atoms with Crippen molar-refractivity contribution in [1.82, 2.24) is 4.98 Å². The number of nitrogens with zero attached hydrogens (tertiary/aromatic N) is 1. The van der Waals surface area contributed by atoms with Gasteiger partial charge in [-0.25, -0.2) is 14.2 Å². The highest BCUT2D eigenvalue weighted by atomic mass is 35.5. The summed E-state index contributed by atoms with van der Waals surface area (Å²) in [4.78, 5) is 41.0. The molecular formula is C24H15ClFNO6. The van der Waals surface area contributed by atoms with Gasteiger partial charge in [0.2, 0.25) is 11.7 Å². The summed E-state index contributed by atoms with van der Waals surface area (Å²) in [5.41, 5.74) is 0.415. The van der Waals surface area contributed by atoms with Gasteiger partial charge in [0, 0.05) is 23.3 Å². The van der Waals surface area contributed by atoms with E-state index in [0.717, 1.165) is 18.3 Å². The minimum Gasteiger partial charge on any atom is -0.479 e. The molecule has 1 unspecified atom stereocenters. The molecule has 1 aliphatic carbocycles. The smallest absolute Gasteiger partial charge is 0.352 e. The average Bonchev–Trinajstić information content (AvgIpc) is 2.79. The molecule has 1 aromatic heterocycles. The van der Waals surface area contributed by atoms with Crippen molar-refractivity contribution < 1.29 is 33.0 Å². The number of allylic oxidation sites excluding steroid dienone is 2. The summed E-state index contributed by atoms with van der Waals surface area (Å²) in [5, 5.41) is -0.0141. The van der Waals surface area contributed by atoms with E-state index in [4.69, 9.17) is 25.8 Å². The third-order valence-electron chi connectivity index (χ3n) is 4.57. The lowest BCUT2D eigenvalue weighted by molar-refractivity contribution is -0.146. The molecule has 0 amide bonds. The molecule has 0 radical (unpaired) electrons. The molecule has 33 heavy (non-hydrogen) atoms. The monoisotopic (exact) mass is 467 g/mol. The average molecular weight is 468 g/mol. The van der Waals surface area contributed by atoms with Gasteiger partial charge < -0.3 is 14.2 Å². The molecule has 166 valence electrons. The fraction of sp³-hybridized carbons (Fsp3) is 0.0833. The highest BCUT2D eigenvalue weighted by Gasteiger charge is 2.29. The first-order valence-electron chi connectivity index (χ1n) is 9.69. The molecule has 1 aliphatic rings. The van der Waals surface area contributed by atoms with Crippen LogP contribution in [0, 0.1) is 5.82 Å². The maximum Gasteiger partial charge on any atom is 0.352 e. The largest absolute Gasteiger partial charge is 0.479 e. The molecule has 0 saturated heterocycles. The molecule has 4 rings (SSSR count). The number of hydrogen-bond acceptors (Lipinski definition) is 7. The van der Waals surface area contributed by atoms with Gasteiger partial charge in [0.1, 0.15) is 22.3 Å². The number of fused-ring (bicyclic) bond motifs is 1. The first-order chi connectivity index (χ1) is 15.8. The zero-order valence-corrected chi connectivity index (χ0v) is 17.8. The van der Waals surface area contributed by atoms with E-state index in [1.165, 1.54) is 25.1 Å². The van der Waals surface area contributed by atoms with Crippen molar-refractivity contribution in [1.29, 1.82) is 0 Å². The number of aromatic nitrogens is 1. The Morgan fingerprint density at radius 2 is 1.76 bits per heavy atom. The maximum absolute atomic E-state index is 13.1. The molecule has 2 aromatic carbocycles. The van der Waals surface area contributed by atoms with Gasteiger partial charge in [-0.05, 0) is 25.1 Å². The molecular weight excluding hydrogens is 453 g/mol. The van der Waals surface area contributed by atoms with Crippen LogP contribution in [0.15, 0.2) is 72.6 Å². The Balaban J connectivity index is 1.43. The summed E-state index contributed by atoms with van der Waals surface area (Å²) >= 11 is 5.91. The second-order valence-electron chi connectivity index (χ2n) is 6.95. The number of benzene rings is 2. The Hall–Kier alpha value is -4.04. The van der Waals surface area contributed by atoms with E-state index < -0.39 is 29.5 Å². The van der Waals surface area contributed by atoms with Gasteiger partial charge >= 0.3 is 5.97 Å². The van der Waals surface area contributed by atoms with Crippen molar-refractivity contribution >= 4 is 29.1 Å². The van der Waals surface area contributed by atoms with Crippen molar-refractivity contribution in [2.45, 2.75) is 13.0 Å². The van der Waals surface area contributed by atoms with Gasteiger partial charge in [0.05, 0.1) is 6.20 Å². The van der Waals surface area contributed by atoms with Crippen molar-refractivity contribution in [2.75, 3.05) is 0 Å². The molecule has 9 heteroatoms. The van der Waals surface area contributed by atoms with Gasteiger partial charge in [-0.3, -0.25) is 9.59 Å². The number of hydrogen-bond donors (Lipinski definition) is 0. The van der Waals surface area contributed by atoms with Crippen LogP contribution >= 0.6 is 11.6 Å². The van der Waals surface area contributed by atoms with Gasteiger partial charge in [-0.2, -0.15) is 0 Å². The third kappa shape index (κ3) is 4.91.